The zero-order valence-corrected chi connectivity index (χ0v) is 13.2. The number of morpholine rings is 1. The quantitative estimate of drug-likeness (QED) is 0.651. The monoisotopic (exact) mass is 327 g/mol. The maximum atomic E-state index is 12.0. The van der Waals surface area contributed by atoms with Crippen LogP contribution in [-0.4, -0.2) is 67.3 Å². The normalized spacial score (nSPS) is 17.0. The van der Waals surface area contributed by atoms with Gasteiger partial charge in [0.05, 0.1) is 31.7 Å². The van der Waals surface area contributed by atoms with Gasteiger partial charge in [0.25, 0.3) is 0 Å². The van der Waals surface area contributed by atoms with Gasteiger partial charge in [-0.25, -0.2) is 0 Å². The molecule has 1 fully saturated rings. The minimum atomic E-state index is -0.574. The van der Waals surface area contributed by atoms with Crippen molar-refractivity contribution in [2.24, 2.45) is 0 Å². The molecule has 1 atom stereocenters. The van der Waals surface area contributed by atoms with Crippen molar-refractivity contribution >= 4 is 28.9 Å². The lowest BCUT2D eigenvalue weighted by Gasteiger charge is -2.25. The number of carbonyl (C=O) groups excluding carboxylic acids is 1. The van der Waals surface area contributed by atoms with Crippen LogP contribution >= 0.6 is 11.6 Å². The summed E-state index contributed by atoms with van der Waals surface area (Å²) in [4.78, 5) is 14.0. The molecule has 1 unspecified atom stereocenters. The van der Waals surface area contributed by atoms with E-state index in [-0.39, 0.29) is 11.8 Å². The molecule has 3 N–H and O–H groups in total. The number of anilines is 2. The number of aliphatic hydroxyl groups excluding tert-OH is 1. The number of halogens is 1. The van der Waals surface area contributed by atoms with Gasteiger partial charge in [0.1, 0.15) is 0 Å². The van der Waals surface area contributed by atoms with Crippen LogP contribution in [-0.2, 0) is 9.53 Å². The molecular formula is C15H22ClN3O3. The van der Waals surface area contributed by atoms with E-state index in [2.05, 4.69) is 15.5 Å². The molecule has 1 heterocycles. The fraction of sp³-hybridized carbons (Fsp3) is 0.533. The first-order chi connectivity index (χ1) is 10.7. The number of nitrogens with one attached hydrogen (secondary N) is 2. The van der Waals surface area contributed by atoms with Crippen molar-refractivity contribution in [2.75, 3.05) is 55.9 Å². The smallest absolute Gasteiger partial charge is 0.238 e. The number of ether oxygens (including phenoxy) is 1. The van der Waals surface area contributed by atoms with E-state index in [9.17, 15) is 9.90 Å². The molecule has 0 aliphatic carbocycles. The third kappa shape index (κ3) is 5.81. The van der Waals surface area contributed by atoms with Gasteiger partial charge in [-0.2, -0.15) is 0 Å². The molecular weight excluding hydrogens is 306 g/mol. The minimum Gasteiger partial charge on any atom is -0.390 e. The van der Waals surface area contributed by atoms with Gasteiger partial charge in [0.15, 0.2) is 0 Å². The fourth-order valence-corrected chi connectivity index (χ4v) is 2.23. The highest BCUT2D eigenvalue weighted by Gasteiger charge is 2.14. The molecule has 1 saturated heterocycles. The van der Waals surface area contributed by atoms with Crippen LogP contribution in [0.15, 0.2) is 24.3 Å². The molecule has 122 valence electrons. The topological polar surface area (TPSA) is 73.8 Å². The Balaban J connectivity index is 1.76. The molecule has 1 aromatic carbocycles. The Bertz CT molecular complexity index is 464. The van der Waals surface area contributed by atoms with E-state index in [1.54, 1.807) is 0 Å². The third-order valence-corrected chi connectivity index (χ3v) is 3.72. The second-order valence-electron chi connectivity index (χ2n) is 5.20. The molecule has 0 spiro atoms. The van der Waals surface area contributed by atoms with Crippen LogP contribution in [0.4, 0.5) is 11.4 Å². The lowest BCUT2D eigenvalue weighted by Crippen LogP contribution is -2.41. The Morgan fingerprint density at radius 3 is 2.55 bits per heavy atom. The van der Waals surface area contributed by atoms with Crippen LogP contribution in [0.25, 0.3) is 0 Å². The van der Waals surface area contributed by atoms with Gasteiger partial charge < -0.3 is 20.5 Å². The lowest BCUT2D eigenvalue weighted by molar-refractivity contribution is -0.118. The van der Waals surface area contributed by atoms with Gasteiger partial charge in [-0.15, -0.1) is 11.6 Å². The molecule has 0 radical (unpaired) electrons. The summed E-state index contributed by atoms with van der Waals surface area (Å²) in [7, 11) is 0. The predicted octanol–water partition coefficient (Wildman–Crippen LogP) is 0.969. The van der Waals surface area contributed by atoms with Gasteiger partial charge in [-0.3, -0.25) is 9.69 Å². The maximum Gasteiger partial charge on any atom is 0.238 e. The number of rotatable bonds is 7. The largest absolute Gasteiger partial charge is 0.390 e. The molecule has 6 nitrogen and oxygen atoms in total. The number of benzene rings is 1. The number of nitrogens with zero attached hydrogens (tertiary/aromatic N) is 1. The highest BCUT2D eigenvalue weighted by atomic mass is 35.5. The Labute approximate surface area is 135 Å². The molecule has 1 aliphatic rings. The first-order valence-corrected chi connectivity index (χ1v) is 7.89. The van der Waals surface area contributed by atoms with Crippen LogP contribution < -0.4 is 10.6 Å². The SMILES string of the molecule is O=C(CN1CCOCC1)Nc1ccc(NCC(O)CCl)cc1. The van der Waals surface area contributed by atoms with E-state index in [4.69, 9.17) is 16.3 Å². The van der Waals surface area contributed by atoms with Crippen molar-refractivity contribution in [3.8, 4) is 0 Å². The summed E-state index contributed by atoms with van der Waals surface area (Å²) in [5, 5.41) is 15.3. The second kappa shape index (κ2) is 8.95. The average Bonchev–Trinajstić information content (AvgIpc) is 2.54. The molecule has 7 heteroatoms. The standard InChI is InChI=1S/C15H22ClN3O3/c16-9-14(20)10-17-12-1-3-13(4-2-12)18-15(21)11-19-5-7-22-8-6-19/h1-4,14,17,20H,5-11H2,(H,18,21). The van der Waals surface area contributed by atoms with Gasteiger partial charge in [-0.05, 0) is 24.3 Å². The third-order valence-electron chi connectivity index (χ3n) is 3.36. The summed E-state index contributed by atoms with van der Waals surface area (Å²) < 4.78 is 5.25. The average molecular weight is 328 g/mol. The zero-order valence-electron chi connectivity index (χ0n) is 12.4. The van der Waals surface area contributed by atoms with E-state index in [0.717, 1.165) is 24.5 Å². The van der Waals surface area contributed by atoms with Gasteiger partial charge in [0.2, 0.25) is 5.91 Å². The summed E-state index contributed by atoms with van der Waals surface area (Å²) in [6.07, 6.45) is -0.574. The number of hydrogen-bond donors (Lipinski definition) is 3. The van der Waals surface area contributed by atoms with Crippen molar-refractivity contribution < 1.29 is 14.6 Å². The van der Waals surface area contributed by atoms with Gasteiger partial charge >= 0.3 is 0 Å². The number of hydrogen-bond acceptors (Lipinski definition) is 5. The van der Waals surface area contributed by atoms with Gasteiger partial charge in [-0.1, -0.05) is 0 Å². The van der Waals surface area contributed by atoms with E-state index < -0.39 is 6.10 Å². The fourth-order valence-electron chi connectivity index (χ4n) is 2.12. The Hall–Kier alpha value is -1.34. The Kier molecular flexibility index (Phi) is 6.92. The summed E-state index contributed by atoms with van der Waals surface area (Å²) >= 11 is 5.53. The summed E-state index contributed by atoms with van der Waals surface area (Å²) in [5.74, 6) is 0.169. The van der Waals surface area contributed by atoms with Crippen LogP contribution in [0.3, 0.4) is 0 Å². The number of amides is 1. The van der Waals surface area contributed by atoms with E-state index in [1.807, 2.05) is 24.3 Å². The summed E-state index contributed by atoms with van der Waals surface area (Å²) in [6, 6.07) is 7.36. The van der Waals surface area contributed by atoms with Crippen molar-refractivity contribution in [1.82, 2.24) is 4.90 Å². The molecule has 22 heavy (non-hydrogen) atoms. The molecule has 0 bridgehead atoms. The molecule has 0 saturated carbocycles. The number of alkyl halides is 1. The van der Waals surface area contributed by atoms with Crippen LogP contribution in [0.1, 0.15) is 0 Å². The van der Waals surface area contributed by atoms with E-state index in [1.165, 1.54) is 0 Å². The highest BCUT2D eigenvalue weighted by Crippen LogP contribution is 2.13. The van der Waals surface area contributed by atoms with Crippen molar-refractivity contribution in [3.05, 3.63) is 24.3 Å². The summed E-state index contributed by atoms with van der Waals surface area (Å²) in [6.45, 7) is 3.72. The number of carbonyl (C=O) groups is 1. The van der Waals surface area contributed by atoms with Gasteiger partial charge in [0, 0.05) is 31.0 Å². The number of aliphatic hydroxyl groups is 1. The molecule has 1 aromatic rings. The lowest BCUT2D eigenvalue weighted by atomic mass is 10.2. The highest BCUT2D eigenvalue weighted by molar-refractivity contribution is 6.18. The van der Waals surface area contributed by atoms with Crippen molar-refractivity contribution in [1.29, 1.82) is 0 Å². The Morgan fingerprint density at radius 1 is 1.27 bits per heavy atom. The Morgan fingerprint density at radius 2 is 1.91 bits per heavy atom. The summed E-state index contributed by atoms with van der Waals surface area (Å²) in [5.41, 5.74) is 1.62. The second-order valence-corrected chi connectivity index (χ2v) is 5.51. The molecule has 1 amide bonds. The molecule has 1 aliphatic heterocycles. The minimum absolute atomic E-state index is 0.0276. The predicted molar refractivity (Wildman–Crippen MR) is 87.5 cm³/mol. The van der Waals surface area contributed by atoms with Crippen LogP contribution in [0.5, 0.6) is 0 Å². The van der Waals surface area contributed by atoms with Crippen molar-refractivity contribution in [2.45, 2.75) is 6.10 Å². The van der Waals surface area contributed by atoms with E-state index >= 15 is 0 Å². The molecule has 0 aromatic heterocycles. The van der Waals surface area contributed by atoms with Crippen LogP contribution in [0, 0.1) is 0 Å². The van der Waals surface area contributed by atoms with Crippen LogP contribution in [0.2, 0.25) is 0 Å². The zero-order chi connectivity index (χ0) is 15.8. The molecule has 2 rings (SSSR count). The van der Waals surface area contributed by atoms with E-state index in [0.29, 0.717) is 26.3 Å². The first-order valence-electron chi connectivity index (χ1n) is 7.35. The van der Waals surface area contributed by atoms with Crippen molar-refractivity contribution in [3.63, 3.8) is 0 Å². The maximum absolute atomic E-state index is 12.0. The first kappa shape index (κ1) is 17.0.